The Labute approximate surface area is 195 Å². The van der Waals surface area contributed by atoms with E-state index in [4.69, 9.17) is 0 Å². The number of H-pyrrole nitrogens is 1. The zero-order valence-corrected chi connectivity index (χ0v) is 20.7. The Morgan fingerprint density at radius 3 is 2.42 bits per heavy atom. The van der Waals surface area contributed by atoms with E-state index in [0.29, 0.717) is 29.2 Å². The van der Waals surface area contributed by atoms with E-state index < -0.39 is 0 Å². The fourth-order valence-corrected chi connectivity index (χ4v) is 4.22. The van der Waals surface area contributed by atoms with Crippen LogP contribution in [0.4, 0.5) is 21.6 Å². The molecule has 0 bridgehead atoms. The number of aromatic nitrogens is 4. The number of hydrogen-bond acceptors (Lipinski definition) is 5. The average molecular weight is 454 g/mol. The van der Waals surface area contributed by atoms with Crippen molar-refractivity contribution in [1.29, 1.82) is 0 Å². The topological polar surface area (TPSA) is 73.3 Å². The first kappa shape index (κ1) is 24.5. The van der Waals surface area contributed by atoms with Crippen LogP contribution in [0.2, 0.25) is 0 Å². The van der Waals surface area contributed by atoms with Crippen LogP contribution in [-0.2, 0) is 0 Å². The van der Waals surface area contributed by atoms with Gasteiger partial charge in [-0.1, -0.05) is 27.7 Å². The molecule has 1 aliphatic heterocycles. The number of fused-ring (bicyclic) bond motifs is 2. The minimum atomic E-state index is -0.368. The maximum atomic E-state index is 14.4. The van der Waals surface area contributed by atoms with Gasteiger partial charge in [-0.2, -0.15) is 5.10 Å². The number of pyridine rings is 1. The summed E-state index contributed by atoms with van der Waals surface area (Å²) in [6.07, 6.45) is 3.62. The predicted molar refractivity (Wildman–Crippen MR) is 136 cm³/mol. The lowest BCUT2D eigenvalue weighted by atomic mass is 10.1. The first-order valence-corrected chi connectivity index (χ1v) is 11.9. The maximum absolute atomic E-state index is 14.4. The van der Waals surface area contributed by atoms with Gasteiger partial charge < -0.3 is 19.9 Å². The third-order valence-electron chi connectivity index (χ3n) is 5.36. The van der Waals surface area contributed by atoms with Gasteiger partial charge in [0.15, 0.2) is 17.3 Å². The Kier molecular flexibility index (Phi) is 7.92. The summed E-state index contributed by atoms with van der Waals surface area (Å²) in [6, 6.07) is 8.65. The molecule has 178 valence electrons. The highest BCUT2D eigenvalue weighted by Gasteiger charge is 2.21. The van der Waals surface area contributed by atoms with E-state index in [1.165, 1.54) is 11.8 Å². The summed E-state index contributed by atoms with van der Waals surface area (Å²) in [5.41, 5.74) is 3.84. The molecule has 0 amide bonds. The van der Waals surface area contributed by atoms with Gasteiger partial charge in [-0.3, -0.25) is 5.10 Å². The first-order valence-electron chi connectivity index (χ1n) is 11.9. The molecular weight excluding hydrogens is 417 g/mol. The van der Waals surface area contributed by atoms with Gasteiger partial charge in [-0.15, -0.1) is 0 Å². The summed E-state index contributed by atoms with van der Waals surface area (Å²) < 4.78 is 16.0. The molecule has 0 radical (unpaired) electrons. The number of aryl methyl sites for hydroxylation is 1. The van der Waals surface area contributed by atoms with Gasteiger partial charge in [0.2, 0.25) is 0 Å². The van der Waals surface area contributed by atoms with Gasteiger partial charge in [-0.05, 0) is 39.0 Å². The number of benzene rings is 1. The lowest BCUT2D eigenvalue weighted by molar-refractivity contribution is 0.407. The minimum absolute atomic E-state index is 0.323. The van der Waals surface area contributed by atoms with Gasteiger partial charge in [0.05, 0.1) is 16.9 Å². The quantitative estimate of drug-likeness (QED) is 0.374. The number of nitrogens with one attached hydrogen (secondary N) is 3. The van der Waals surface area contributed by atoms with Gasteiger partial charge in [0.1, 0.15) is 0 Å². The summed E-state index contributed by atoms with van der Waals surface area (Å²) in [4.78, 5) is 6.59. The molecule has 8 heteroatoms. The van der Waals surface area contributed by atoms with Crippen LogP contribution in [0.25, 0.3) is 16.6 Å². The molecule has 5 rings (SSSR count). The lowest BCUT2D eigenvalue weighted by Gasteiger charge is -2.37. The van der Waals surface area contributed by atoms with Gasteiger partial charge in [-0.25, -0.2) is 9.37 Å². The van der Waals surface area contributed by atoms with Crippen LogP contribution < -0.4 is 15.5 Å². The molecule has 33 heavy (non-hydrogen) atoms. The SMILES string of the molecule is CC.CC.Cc1cn2cc(Nc3n[nH]c4cc(N5CC(C)NC(C)C5)ccc34)cc(F)c2n1. The summed E-state index contributed by atoms with van der Waals surface area (Å²) in [7, 11) is 0. The Bertz CT molecular complexity index is 1190. The maximum Gasteiger partial charge on any atom is 0.173 e. The predicted octanol–water partition coefficient (Wildman–Crippen LogP) is 5.64. The number of halogens is 1. The summed E-state index contributed by atoms with van der Waals surface area (Å²) in [5.74, 6) is 0.302. The molecule has 0 aliphatic carbocycles. The van der Waals surface area contributed by atoms with Crippen molar-refractivity contribution < 1.29 is 4.39 Å². The van der Waals surface area contributed by atoms with Gasteiger partial charge >= 0.3 is 0 Å². The third kappa shape index (κ3) is 5.27. The standard InChI is InChI=1S/C21H24FN7.2C2H6/c1-12-8-28(9-13(2)23-12)16-4-5-17-19(7-16)26-27-20(17)25-15-6-18(22)21-24-14(3)10-29(21)11-15;2*1-2/h4-7,10-13,23H,8-9H2,1-3H3,(H2,25,26,27);2*1-2H3. The Morgan fingerprint density at radius 1 is 1.03 bits per heavy atom. The van der Waals surface area contributed by atoms with Crippen molar-refractivity contribution in [2.45, 2.75) is 60.5 Å². The second-order valence-electron chi connectivity index (χ2n) is 7.99. The number of imidazole rings is 1. The first-order chi connectivity index (χ1) is 16.0. The molecule has 2 atom stereocenters. The molecular formula is C25H36FN7. The number of piperazine rings is 1. The minimum Gasteiger partial charge on any atom is -0.368 e. The van der Waals surface area contributed by atoms with E-state index in [2.05, 4.69) is 62.8 Å². The fraction of sp³-hybridized carbons (Fsp3) is 0.440. The van der Waals surface area contributed by atoms with Crippen LogP contribution in [0.1, 0.15) is 47.2 Å². The van der Waals surface area contributed by atoms with Crippen LogP contribution in [0.3, 0.4) is 0 Å². The van der Waals surface area contributed by atoms with Crippen molar-refractivity contribution in [1.82, 2.24) is 24.9 Å². The second-order valence-corrected chi connectivity index (χ2v) is 7.99. The second kappa shape index (κ2) is 10.7. The summed E-state index contributed by atoms with van der Waals surface area (Å²) >= 11 is 0. The van der Waals surface area contributed by atoms with E-state index in [9.17, 15) is 4.39 Å². The monoisotopic (exact) mass is 453 g/mol. The van der Waals surface area contributed by atoms with Crippen LogP contribution in [-0.4, -0.2) is 44.8 Å². The molecule has 7 nitrogen and oxygen atoms in total. The molecule has 3 aromatic heterocycles. The number of rotatable bonds is 3. The van der Waals surface area contributed by atoms with Crippen LogP contribution in [0.15, 0.2) is 36.7 Å². The summed E-state index contributed by atoms with van der Waals surface area (Å²) in [6.45, 7) is 16.2. The van der Waals surface area contributed by atoms with Crippen LogP contribution in [0.5, 0.6) is 0 Å². The van der Waals surface area contributed by atoms with E-state index >= 15 is 0 Å². The van der Waals surface area contributed by atoms with Crippen molar-refractivity contribution in [3.8, 4) is 0 Å². The summed E-state index contributed by atoms with van der Waals surface area (Å²) in [5, 5.41) is 15.3. The molecule has 2 unspecified atom stereocenters. The highest BCUT2D eigenvalue weighted by molar-refractivity contribution is 5.93. The molecule has 0 saturated carbocycles. The molecule has 1 aliphatic rings. The number of hydrogen-bond donors (Lipinski definition) is 3. The largest absolute Gasteiger partial charge is 0.368 e. The zero-order chi connectivity index (χ0) is 24.1. The highest BCUT2D eigenvalue weighted by atomic mass is 19.1. The van der Waals surface area contributed by atoms with E-state index in [-0.39, 0.29) is 5.82 Å². The highest BCUT2D eigenvalue weighted by Crippen LogP contribution is 2.29. The average Bonchev–Trinajstić information content (AvgIpc) is 3.38. The lowest BCUT2D eigenvalue weighted by Crippen LogP contribution is -2.54. The Balaban J connectivity index is 0.000000728. The third-order valence-corrected chi connectivity index (χ3v) is 5.36. The van der Waals surface area contributed by atoms with Gasteiger partial charge in [0.25, 0.3) is 0 Å². The molecule has 1 aromatic carbocycles. The Morgan fingerprint density at radius 2 is 1.73 bits per heavy atom. The fourth-order valence-electron chi connectivity index (χ4n) is 4.22. The van der Waals surface area contributed by atoms with E-state index in [1.54, 1.807) is 10.6 Å². The number of aromatic amines is 1. The van der Waals surface area contributed by atoms with Crippen molar-refractivity contribution >= 4 is 33.7 Å². The Hall–Kier alpha value is -3.13. The van der Waals surface area contributed by atoms with E-state index in [1.807, 2.05) is 40.8 Å². The molecule has 1 saturated heterocycles. The van der Waals surface area contributed by atoms with Crippen molar-refractivity contribution in [2.24, 2.45) is 0 Å². The normalized spacial score (nSPS) is 17.9. The van der Waals surface area contributed by atoms with E-state index in [0.717, 1.165) is 29.7 Å². The van der Waals surface area contributed by atoms with Crippen molar-refractivity contribution in [2.75, 3.05) is 23.3 Å². The molecule has 0 spiro atoms. The smallest absolute Gasteiger partial charge is 0.173 e. The molecule has 4 heterocycles. The number of anilines is 3. The molecule has 1 fully saturated rings. The van der Waals surface area contributed by atoms with Crippen LogP contribution >= 0.6 is 0 Å². The molecule has 3 N–H and O–H groups in total. The van der Waals surface area contributed by atoms with Gasteiger partial charge in [0, 0.05) is 54.7 Å². The zero-order valence-electron chi connectivity index (χ0n) is 20.7. The van der Waals surface area contributed by atoms with Crippen molar-refractivity contribution in [3.05, 3.63) is 48.2 Å². The van der Waals surface area contributed by atoms with Crippen LogP contribution in [0, 0.1) is 12.7 Å². The number of nitrogens with zero attached hydrogens (tertiary/aromatic N) is 4. The molecule has 4 aromatic rings. The van der Waals surface area contributed by atoms with Crippen molar-refractivity contribution in [3.63, 3.8) is 0 Å².